The summed E-state index contributed by atoms with van der Waals surface area (Å²) >= 11 is 0. The van der Waals surface area contributed by atoms with Crippen molar-refractivity contribution in [3.63, 3.8) is 0 Å². The standard InChI is InChI=1S/C16H18N4O4/c1-11-13(17-18-20(11)12-5-3-2-4-6-12)9-15(21)19-7-8-24-14(10-19)16(22)23/h2-6,14H,7-10H2,1H3,(H,22,23)/t14-/m0/s1. The quantitative estimate of drug-likeness (QED) is 0.873. The maximum absolute atomic E-state index is 12.4. The number of rotatable bonds is 4. The molecule has 24 heavy (non-hydrogen) atoms. The number of carboxylic acids is 1. The van der Waals surface area contributed by atoms with Gasteiger partial charge in [0.25, 0.3) is 0 Å². The van der Waals surface area contributed by atoms with Crippen LogP contribution in [0.3, 0.4) is 0 Å². The molecule has 0 radical (unpaired) electrons. The highest BCUT2D eigenvalue weighted by Gasteiger charge is 2.29. The molecule has 1 aliphatic heterocycles. The van der Waals surface area contributed by atoms with Crippen LogP contribution in [0.15, 0.2) is 30.3 Å². The third-order valence-electron chi connectivity index (χ3n) is 4.00. The van der Waals surface area contributed by atoms with Crippen molar-refractivity contribution >= 4 is 11.9 Å². The number of morpholine rings is 1. The lowest BCUT2D eigenvalue weighted by atomic mass is 10.2. The number of hydrogen-bond donors (Lipinski definition) is 1. The van der Waals surface area contributed by atoms with Gasteiger partial charge in [-0.15, -0.1) is 5.10 Å². The van der Waals surface area contributed by atoms with Gasteiger partial charge in [0, 0.05) is 6.54 Å². The van der Waals surface area contributed by atoms with Gasteiger partial charge in [-0.1, -0.05) is 23.4 Å². The molecule has 1 saturated heterocycles. The van der Waals surface area contributed by atoms with Crippen molar-refractivity contribution < 1.29 is 19.4 Å². The van der Waals surface area contributed by atoms with E-state index in [1.807, 2.05) is 37.3 Å². The van der Waals surface area contributed by atoms with Crippen LogP contribution in [0.5, 0.6) is 0 Å². The van der Waals surface area contributed by atoms with Crippen LogP contribution < -0.4 is 0 Å². The molecule has 1 atom stereocenters. The first-order chi connectivity index (χ1) is 11.6. The van der Waals surface area contributed by atoms with Gasteiger partial charge in [0.15, 0.2) is 6.10 Å². The maximum atomic E-state index is 12.4. The van der Waals surface area contributed by atoms with E-state index < -0.39 is 12.1 Å². The first-order valence-electron chi connectivity index (χ1n) is 7.65. The molecule has 2 aromatic rings. The Morgan fingerprint density at radius 1 is 1.33 bits per heavy atom. The van der Waals surface area contributed by atoms with Crippen molar-refractivity contribution in [1.29, 1.82) is 0 Å². The SMILES string of the molecule is Cc1c(CC(=O)N2CCO[C@H](C(=O)O)C2)nnn1-c1ccccc1. The Morgan fingerprint density at radius 2 is 2.08 bits per heavy atom. The second kappa shape index (κ2) is 6.79. The molecular formula is C16H18N4O4. The van der Waals surface area contributed by atoms with Crippen LogP contribution in [0.2, 0.25) is 0 Å². The van der Waals surface area contributed by atoms with E-state index in [0.717, 1.165) is 11.4 Å². The lowest BCUT2D eigenvalue weighted by Crippen LogP contribution is -2.49. The number of amides is 1. The minimum Gasteiger partial charge on any atom is -0.479 e. The summed E-state index contributed by atoms with van der Waals surface area (Å²) in [7, 11) is 0. The molecule has 1 N–H and O–H groups in total. The summed E-state index contributed by atoms with van der Waals surface area (Å²) in [6.07, 6.45) is -0.880. The van der Waals surface area contributed by atoms with Gasteiger partial charge in [-0.2, -0.15) is 0 Å². The second-order valence-corrected chi connectivity index (χ2v) is 5.58. The minimum atomic E-state index is -1.06. The summed E-state index contributed by atoms with van der Waals surface area (Å²) in [5.74, 6) is -1.23. The molecule has 1 amide bonds. The Balaban J connectivity index is 1.71. The number of benzene rings is 1. The van der Waals surface area contributed by atoms with Gasteiger partial charge in [0.1, 0.15) is 0 Å². The summed E-state index contributed by atoms with van der Waals surface area (Å²) in [4.78, 5) is 24.9. The highest BCUT2D eigenvalue weighted by molar-refractivity contribution is 5.80. The first-order valence-corrected chi connectivity index (χ1v) is 7.65. The molecule has 8 nitrogen and oxygen atoms in total. The number of hydrogen-bond acceptors (Lipinski definition) is 5. The molecule has 3 rings (SSSR count). The number of aliphatic carboxylic acids is 1. The topological polar surface area (TPSA) is 97.6 Å². The van der Waals surface area contributed by atoms with E-state index in [0.29, 0.717) is 12.2 Å². The summed E-state index contributed by atoms with van der Waals surface area (Å²) < 4.78 is 6.81. The molecule has 1 aromatic heterocycles. The summed E-state index contributed by atoms with van der Waals surface area (Å²) in [5, 5.41) is 17.2. The van der Waals surface area contributed by atoms with Crippen LogP contribution in [-0.4, -0.2) is 62.7 Å². The van der Waals surface area contributed by atoms with E-state index >= 15 is 0 Å². The molecule has 0 spiro atoms. The van der Waals surface area contributed by atoms with E-state index in [-0.39, 0.29) is 25.5 Å². The third kappa shape index (κ3) is 3.28. The number of carbonyl (C=O) groups excluding carboxylic acids is 1. The number of nitrogens with zero attached hydrogens (tertiary/aromatic N) is 4. The molecule has 0 unspecified atom stereocenters. The molecule has 1 fully saturated rings. The number of carbonyl (C=O) groups is 2. The zero-order valence-electron chi connectivity index (χ0n) is 13.3. The maximum Gasteiger partial charge on any atom is 0.334 e. The van der Waals surface area contributed by atoms with E-state index in [2.05, 4.69) is 10.3 Å². The van der Waals surface area contributed by atoms with Gasteiger partial charge in [0.05, 0.1) is 36.6 Å². The summed E-state index contributed by atoms with van der Waals surface area (Å²) in [5.41, 5.74) is 2.25. The van der Waals surface area contributed by atoms with Gasteiger partial charge in [-0.3, -0.25) is 4.79 Å². The number of carboxylic acid groups (broad SMARTS) is 1. The van der Waals surface area contributed by atoms with Gasteiger partial charge in [0.2, 0.25) is 5.91 Å². The van der Waals surface area contributed by atoms with Crippen LogP contribution in [0.4, 0.5) is 0 Å². The zero-order valence-corrected chi connectivity index (χ0v) is 13.3. The fourth-order valence-corrected chi connectivity index (χ4v) is 2.62. The van der Waals surface area contributed by atoms with E-state index in [4.69, 9.17) is 9.84 Å². The van der Waals surface area contributed by atoms with Gasteiger partial charge in [-0.25, -0.2) is 9.48 Å². The fourth-order valence-electron chi connectivity index (χ4n) is 2.62. The van der Waals surface area contributed by atoms with E-state index in [1.54, 1.807) is 4.68 Å². The Kier molecular flexibility index (Phi) is 4.57. The lowest BCUT2D eigenvalue weighted by molar-refractivity contribution is -0.159. The van der Waals surface area contributed by atoms with Gasteiger partial charge in [-0.05, 0) is 19.1 Å². The molecule has 8 heteroatoms. The number of ether oxygens (including phenoxy) is 1. The fraction of sp³-hybridized carbons (Fsp3) is 0.375. The van der Waals surface area contributed by atoms with E-state index in [1.165, 1.54) is 4.90 Å². The van der Waals surface area contributed by atoms with Crippen molar-refractivity contribution in [1.82, 2.24) is 19.9 Å². The lowest BCUT2D eigenvalue weighted by Gasteiger charge is -2.30. The molecule has 0 saturated carbocycles. The normalized spacial score (nSPS) is 17.7. The Bertz CT molecular complexity index is 744. The average molecular weight is 330 g/mol. The van der Waals surface area contributed by atoms with Crippen LogP contribution >= 0.6 is 0 Å². The van der Waals surface area contributed by atoms with E-state index in [9.17, 15) is 9.59 Å². The summed E-state index contributed by atoms with van der Waals surface area (Å²) in [6, 6.07) is 9.54. The van der Waals surface area contributed by atoms with Crippen molar-refractivity contribution in [2.24, 2.45) is 0 Å². The molecule has 126 valence electrons. The second-order valence-electron chi connectivity index (χ2n) is 5.58. The van der Waals surface area contributed by atoms with Gasteiger partial charge >= 0.3 is 5.97 Å². The molecule has 1 aliphatic rings. The largest absolute Gasteiger partial charge is 0.479 e. The number of aromatic nitrogens is 3. The van der Waals surface area contributed by atoms with Crippen LogP contribution in [-0.2, 0) is 20.7 Å². The highest BCUT2D eigenvalue weighted by atomic mass is 16.5. The van der Waals surface area contributed by atoms with Crippen LogP contribution in [0.25, 0.3) is 5.69 Å². The molecule has 0 bridgehead atoms. The van der Waals surface area contributed by atoms with Crippen molar-refractivity contribution in [3.05, 3.63) is 41.7 Å². The predicted molar refractivity (Wildman–Crippen MR) is 83.8 cm³/mol. The molecule has 0 aliphatic carbocycles. The molecule has 1 aromatic carbocycles. The van der Waals surface area contributed by atoms with Gasteiger partial charge < -0.3 is 14.7 Å². The van der Waals surface area contributed by atoms with Crippen LogP contribution in [0.1, 0.15) is 11.4 Å². The summed E-state index contributed by atoms with van der Waals surface area (Å²) in [6.45, 7) is 2.52. The van der Waals surface area contributed by atoms with Crippen molar-refractivity contribution in [2.45, 2.75) is 19.4 Å². The highest BCUT2D eigenvalue weighted by Crippen LogP contribution is 2.14. The minimum absolute atomic E-state index is 0.0556. The van der Waals surface area contributed by atoms with Crippen LogP contribution in [0, 0.1) is 6.92 Å². The molecule has 2 heterocycles. The smallest absolute Gasteiger partial charge is 0.334 e. The Labute approximate surface area is 138 Å². The number of para-hydroxylation sites is 1. The Morgan fingerprint density at radius 3 is 2.79 bits per heavy atom. The molecular weight excluding hydrogens is 312 g/mol. The average Bonchev–Trinajstić information content (AvgIpc) is 2.96. The third-order valence-corrected chi connectivity index (χ3v) is 4.00. The first kappa shape index (κ1) is 16.1. The zero-order chi connectivity index (χ0) is 17.1. The predicted octanol–water partition coefficient (Wildman–Crippen LogP) is 0.430. The monoisotopic (exact) mass is 330 g/mol. The van der Waals surface area contributed by atoms with Crippen molar-refractivity contribution in [2.75, 3.05) is 19.7 Å². The Hall–Kier alpha value is -2.74. The van der Waals surface area contributed by atoms with Crippen molar-refractivity contribution in [3.8, 4) is 5.69 Å².